The summed E-state index contributed by atoms with van der Waals surface area (Å²) in [5, 5.41) is 0. The van der Waals surface area contributed by atoms with E-state index in [2.05, 4.69) is 0 Å². The van der Waals surface area contributed by atoms with Gasteiger partial charge in [0.2, 0.25) is 0 Å². The van der Waals surface area contributed by atoms with Gasteiger partial charge < -0.3 is 0 Å². The quantitative estimate of drug-likeness (QED) is 0.406. The second-order valence-electron chi connectivity index (χ2n) is 1.28. The molecule has 0 bridgehead atoms. The topological polar surface area (TPSA) is 0 Å². The zero-order valence-electron chi connectivity index (χ0n) is 3.92. The summed E-state index contributed by atoms with van der Waals surface area (Å²) in [6.07, 6.45) is -7.28. The minimum Gasteiger partial charge on any atom is -0.219 e. The predicted octanol–water partition coefficient (Wildman–Crippen LogP) is 2.62. The summed E-state index contributed by atoms with van der Waals surface area (Å²) in [6.45, 7) is 0. The van der Waals surface area contributed by atoms with Gasteiger partial charge in [0.15, 0.2) is 0 Å². The van der Waals surface area contributed by atoms with Crippen LogP contribution < -0.4 is 0 Å². The zero-order chi connectivity index (χ0) is 7.65. The van der Waals surface area contributed by atoms with E-state index in [1.165, 1.54) is 0 Å². The molecule has 0 rings (SSSR count). The second-order valence-corrected chi connectivity index (χ2v) is 2.93. The van der Waals surface area contributed by atoms with Crippen LogP contribution in [0.15, 0.2) is 0 Å². The predicted molar refractivity (Wildman–Crippen MR) is 29.9 cm³/mol. The summed E-state index contributed by atoms with van der Waals surface area (Å²) in [4.78, 5) is 0. The van der Waals surface area contributed by atoms with E-state index in [-0.39, 0.29) is 0 Å². The van der Waals surface area contributed by atoms with Gasteiger partial charge in [-0.25, -0.2) is 22.0 Å². The average molecular weight is 260 g/mol. The van der Waals surface area contributed by atoms with Crippen molar-refractivity contribution in [3.8, 4) is 0 Å². The van der Waals surface area contributed by atoms with Crippen molar-refractivity contribution < 1.29 is 22.0 Å². The standard InChI is InChI=1S/C3H2F5I/c4-1(5)3(8,9)2(6)7/h1-2H. The van der Waals surface area contributed by atoms with E-state index in [1.54, 1.807) is 0 Å². The van der Waals surface area contributed by atoms with E-state index in [0.29, 0.717) is 22.6 Å². The van der Waals surface area contributed by atoms with Crippen LogP contribution in [0, 0.1) is 0 Å². The van der Waals surface area contributed by atoms with Crippen molar-refractivity contribution in [2.75, 3.05) is 0 Å². The Morgan fingerprint density at radius 1 is 1.00 bits per heavy atom. The van der Waals surface area contributed by atoms with E-state index in [1.807, 2.05) is 0 Å². The molecule has 0 N–H and O–H groups in total. The Balaban J connectivity index is 4.01. The number of hydrogen-bond acceptors (Lipinski definition) is 0. The Morgan fingerprint density at radius 2 is 1.22 bits per heavy atom. The molecule has 0 saturated heterocycles. The number of alkyl halides is 6. The monoisotopic (exact) mass is 260 g/mol. The smallest absolute Gasteiger partial charge is 0.219 e. The molecule has 0 heterocycles. The van der Waals surface area contributed by atoms with Crippen molar-refractivity contribution >= 4 is 22.6 Å². The van der Waals surface area contributed by atoms with Gasteiger partial charge in [0, 0.05) is 0 Å². The first-order valence-corrected chi connectivity index (χ1v) is 2.91. The number of rotatable bonds is 2. The Labute approximate surface area is 61.6 Å². The van der Waals surface area contributed by atoms with Crippen LogP contribution in [0.2, 0.25) is 0 Å². The molecule has 0 amide bonds. The van der Waals surface area contributed by atoms with Gasteiger partial charge in [-0.2, -0.15) is 0 Å². The van der Waals surface area contributed by atoms with Crippen LogP contribution in [0.5, 0.6) is 0 Å². The SMILES string of the molecule is FC(F)C(F)(I)C(F)F. The molecule has 9 heavy (non-hydrogen) atoms. The minimum atomic E-state index is -3.70. The molecule has 0 radical (unpaired) electrons. The van der Waals surface area contributed by atoms with Crippen molar-refractivity contribution in [1.29, 1.82) is 0 Å². The summed E-state index contributed by atoms with van der Waals surface area (Å²) >= 11 is 0.389. The molecule has 0 spiro atoms. The normalized spacial score (nSPS) is 13.3. The van der Waals surface area contributed by atoms with Crippen molar-refractivity contribution in [3.05, 3.63) is 0 Å². The summed E-state index contributed by atoms with van der Waals surface area (Å²) in [6, 6.07) is 0. The molecule has 0 unspecified atom stereocenters. The first-order chi connectivity index (χ1) is 3.89. The third-order valence-electron chi connectivity index (χ3n) is 0.582. The van der Waals surface area contributed by atoms with Crippen LogP contribution in [0.4, 0.5) is 22.0 Å². The fraction of sp³-hybridized carbons (Fsp3) is 1.00. The Kier molecular flexibility index (Phi) is 3.10. The molecule has 0 atom stereocenters. The van der Waals surface area contributed by atoms with Gasteiger partial charge in [0.1, 0.15) is 0 Å². The maximum absolute atomic E-state index is 11.8. The van der Waals surface area contributed by atoms with Gasteiger partial charge in [-0.3, -0.25) is 0 Å². The van der Waals surface area contributed by atoms with Crippen molar-refractivity contribution in [1.82, 2.24) is 0 Å². The lowest BCUT2D eigenvalue weighted by Gasteiger charge is -2.14. The van der Waals surface area contributed by atoms with E-state index < -0.39 is 16.5 Å². The third-order valence-corrected chi connectivity index (χ3v) is 1.52. The lowest BCUT2D eigenvalue weighted by molar-refractivity contribution is -0.0571. The van der Waals surface area contributed by atoms with Gasteiger partial charge in [0.25, 0.3) is 16.5 Å². The van der Waals surface area contributed by atoms with Crippen LogP contribution in [0.3, 0.4) is 0 Å². The van der Waals surface area contributed by atoms with Crippen LogP contribution >= 0.6 is 22.6 Å². The fourth-order valence-corrected chi connectivity index (χ4v) is 0.0952. The molecule has 0 aromatic rings. The van der Waals surface area contributed by atoms with E-state index in [4.69, 9.17) is 0 Å². The zero-order valence-corrected chi connectivity index (χ0v) is 6.08. The van der Waals surface area contributed by atoms with Crippen LogP contribution in [0.1, 0.15) is 0 Å². The Bertz CT molecular complexity index is 80.2. The van der Waals surface area contributed by atoms with Gasteiger partial charge >= 0.3 is 0 Å². The Morgan fingerprint density at radius 3 is 1.22 bits per heavy atom. The molecule has 0 aliphatic heterocycles. The lowest BCUT2D eigenvalue weighted by Crippen LogP contribution is -2.32. The molecule has 0 nitrogen and oxygen atoms in total. The maximum Gasteiger partial charge on any atom is 0.287 e. The summed E-state index contributed by atoms with van der Waals surface area (Å²) in [7, 11) is 0. The van der Waals surface area contributed by atoms with Crippen LogP contribution in [-0.4, -0.2) is 16.5 Å². The molecule has 0 aromatic heterocycles. The molecule has 0 saturated carbocycles. The maximum atomic E-state index is 11.8. The largest absolute Gasteiger partial charge is 0.287 e. The minimum absolute atomic E-state index is 0.389. The first-order valence-electron chi connectivity index (χ1n) is 1.83. The van der Waals surface area contributed by atoms with E-state index >= 15 is 0 Å². The van der Waals surface area contributed by atoms with Gasteiger partial charge in [-0.05, 0) is 22.6 Å². The molecular weight excluding hydrogens is 258 g/mol. The number of halogens is 6. The molecular formula is C3H2F5I. The van der Waals surface area contributed by atoms with Crippen molar-refractivity contribution in [2.24, 2.45) is 0 Å². The first kappa shape index (κ1) is 9.38. The summed E-state index contributed by atoms with van der Waals surface area (Å²) < 4.78 is 52.9. The summed E-state index contributed by atoms with van der Waals surface area (Å²) in [5.41, 5.74) is 0. The highest BCUT2D eigenvalue weighted by molar-refractivity contribution is 14.1. The average Bonchev–Trinajstić information content (AvgIpc) is 1.65. The third kappa shape index (κ3) is 2.23. The molecule has 0 aliphatic carbocycles. The molecule has 56 valence electrons. The second kappa shape index (κ2) is 2.98. The molecule has 0 fully saturated rings. The molecule has 0 aromatic carbocycles. The summed E-state index contributed by atoms with van der Waals surface area (Å²) in [5.74, 6) is 0. The van der Waals surface area contributed by atoms with Crippen LogP contribution in [0.25, 0.3) is 0 Å². The van der Waals surface area contributed by atoms with Gasteiger partial charge in [-0.15, -0.1) is 0 Å². The van der Waals surface area contributed by atoms with Crippen molar-refractivity contribution in [3.63, 3.8) is 0 Å². The van der Waals surface area contributed by atoms with Crippen molar-refractivity contribution in [2.45, 2.75) is 16.5 Å². The highest BCUT2D eigenvalue weighted by Gasteiger charge is 2.46. The highest BCUT2D eigenvalue weighted by atomic mass is 127. The Hall–Kier alpha value is 0.380. The van der Waals surface area contributed by atoms with E-state index in [0.717, 1.165) is 0 Å². The fourth-order valence-electron chi connectivity index (χ4n) is 0.0952. The molecule has 6 heteroatoms. The number of hydrogen-bond donors (Lipinski definition) is 0. The van der Waals surface area contributed by atoms with E-state index in [9.17, 15) is 22.0 Å². The van der Waals surface area contributed by atoms with Gasteiger partial charge in [-0.1, -0.05) is 0 Å². The lowest BCUT2D eigenvalue weighted by atomic mass is 10.4. The molecule has 0 aliphatic rings. The highest BCUT2D eigenvalue weighted by Crippen LogP contribution is 2.34. The van der Waals surface area contributed by atoms with Crippen LogP contribution in [-0.2, 0) is 0 Å². The van der Waals surface area contributed by atoms with Gasteiger partial charge in [0.05, 0.1) is 0 Å².